The van der Waals surface area contributed by atoms with Crippen LogP contribution in [0.5, 0.6) is 0 Å². The Bertz CT molecular complexity index is 577. The van der Waals surface area contributed by atoms with Crippen molar-refractivity contribution in [2.75, 3.05) is 11.1 Å². The second-order valence-electron chi connectivity index (χ2n) is 4.82. The highest BCUT2D eigenvalue weighted by molar-refractivity contribution is 7.99. The van der Waals surface area contributed by atoms with Crippen LogP contribution in [0.4, 0.5) is 5.69 Å². The molecule has 1 aromatic heterocycles. The average molecular weight is 290 g/mol. The zero-order valence-corrected chi connectivity index (χ0v) is 12.6. The lowest BCUT2D eigenvalue weighted by atomic mass is 10.0. The summed E-state index contributed by atoms with van der Waals surface area (Å²) in [6, 6.07) is 7.92. The fourth-order valence-electron chi connectivity index (χ4n) is 1.67. The van der Waals surface area contributed by atoms with Crippen molar-refractivity contribution in [3.05, 3.63) is 35.7 Å². The van der Waals surface area contributed by atoms with E-state index < -0.39 is 0 Å². The van der Waals surface area contributed by atoms with Crippen LogP contribution in [-0.4, -0.2) is 26.8 Å². The third-order valence-electron chi connectivity index (χ3n) is 2.77. The Hall–Kier alpha value is -1.82. The summed E-state index contributed by atoms with van der Waals surface area (Å²) in [5.74, 6) is 1.47. The largest absolute Gasteiger partial charge is 0.325 e. The van der Waals surface area contributed by atoms with Crippen molar-refractivity contribution >= 4 is 23.4 Å². The highest BCUT2D eigenvalue weighted by Crippen LogP contribution is 2.18. The molecule has 5 nitrogen and oxygen atoms in total. The van der Waals surface area contributed by atoms with Crippen LogP contribution in [0.1, 0.15) is 31.2 Å². The Morgan fingerprint density at radius 3 is 2.60 bits per heavy atom. The van der Waals surface area contributed by atoms with E-state index in [4.69, 9.17) is 0 Å². The third kappa shape index (κ3) is 4.09. The van der Waals surface area contributed by atoms with Gasteiger partial charge in [-0.15, -0.1) is 5.10 Å². The highest BCUT2D eigenvalue weighted by Gasteiger charge is 2.07. The van der Waals surface area contributed by atoms with Crippen molar-refractivity contribution in [3.63, 3.8) is 0 Å². The molecule has 0 atom stereocenters. The predicted octanol–water partition coefficient (Wildman–Crippen LogP) is 2.97. The number of aryl methyl sites for hydroxylation is 1. The molecule has 0 saturated carbocycles. The molecule has 2 N–H and O–H groups in total. The first-order chi connectivity index (χ1) is 9.54. The molecule has 0 fully saturated rings. The van der Waals surface area contributed by atoms with Crippen molar-refractivity contribution in [3.8, 4) is 0 Å². The van der Waals surface area contributed by atoms with Gasteiger partial charge in [-0.2, -0.15) is 0 Å². The molecule has 2 aromatic rings. The van der Waals surface area contributed by atoms with Gasteiger partial charge in [0.05, 0.1) is 5.75 Å². The lowest BCUT2D eigenvalue weighted by Gasteiger charge is -2.07. The molecule has 1 aromatic carbocycles. The van der Waals surface area contributed by atoms with Crippen LogP contribution in [-0.2, 0) is 4.79 Å². The summed E-state index contributed by atoms with van der Waals surface area (Å²) < 4.78 is 0. The van der Waals surface area contributed by atoms with E-state index in [9.17, 15) is 4.79 Å². The van der Waals surface area contributed by atoms with Crippen molar-refractivity contribution in [2.45, 2.75) is 31.8 Å². The van der Waals surface area contributed by atoms with Gasteiger partial charge in [-0.25, -0.2) is 4.98 Å². The van der Waals surface area contributed by atoms with Crippen LogP contribution in [0.15, 0.2) is 29.4 Å². The molecule has 0 bridgehead atoms. The summed E-state index contributed by atoms with van der Waals surface area (Å²) in [7, 11) is 0. The quantitative estimate of drug-likeness (QED) is 0.831. The zero-order chi connectivity index (χ0) is 14.5. The first-order valence-electron chi connectivity index (χ1n) is 6.46. The molecule has 0 aliphatic heterocycles. The number of aromatic nitrogens is 3. The molecule has 0 saturated heterocycles. The number of benzene rings is 1. The number of carbonyl (C=O) groups is 1. The van der Waals surface area contributed by atoms with Gasteiger partial charge in [0.25, 0.3) is 0 Å². The molecular formula is C14H18N4OS. The van der Waals surface area contributed by atoms with E-state index >= 15 is 0 Å². The summed E-state index contributed by atoms with van der Waals surface area (Å²) in [6.45, 7) is 6.11. The maximum atomic E-state index is 11.8. The lowest BCUT2D eigenvalue weighted by Crippen LogP contribution is -2.14. The molecule has 20 heavy (non-hydrogen) atoms. The monoisotopic (exact) mass is 290 g/mol. The van der Waals surface area contributed by atoms with Crippen LogP contribution in [0.2, 0.25) is 0 Å². The number of nitrogens with one attached hydrogen (secondary N) is 2. The fraction of sp³-hybridized carbons (Fsp3) is 0.357. The van der Waals surface area contributed by atoms with Crippen molar-refractivity contribution in [1.29, 1.82) is 0 Å². The molecule has 0 aliphatic carbocycles. The van der Waals surface area contributed by atoms with Gasteiger partial charge < -0.3 is 5.32 Å². The molecule has 1 heterocycles. The van der Waals surface area contributed by atoms with Gasteiger partial charge in [-0.3, -0.25) is 9.89 Å². The first kappa shape index (κ1) is 14.6. The minimum absolute atomic E-state index is 0.0604. The number of amides is 1. The Balaban J connectivity index is 1.84. The van der Waals surface area contributed by atoms with Crippen molar-refractivity contribution < 1.29 is 4.79 Å². The molecular weight excluding hydrogens is 272 g/mol. The van der Waals surface area contributed by atoms with E-state index in [0.29, 0.717) is 16.8 Å². The second kappa shape index (κ2) is 6.56. The van der Waals surface area contributed by atoms with Gasteiger partial charge in [0.2, 0.25) is 11.1 Å². The summed E-state index contributed by atoms with van der Waals surface area (Å²) in [5, 5.41) is 10.2. The smallest absolute Gasteiger partial charge is 0.234 e. The fourth-order valence-corrected chi connectivity index (χ4v) is 2.31. The number of rotatable bonds is 5. The molecule has 0 radical (unpaired) electrons. The minimum Gasteiger partial charge on any atom is -0.325 e. The molecule has 0 aliphatic rings. The SMILES string of the molecule is Cc1nc(SCC(=O)Nc2ccc(C(C)C)cc2)n[nH]1. The van der Waals surface area contributed by atoms with Crippen molar-refractivity contribution in [2.24, 2.45) is 0 Å². The molecule has 6 heteroatoms. The van der Waals surface area contributed by atoms with Gasteiger partial charge in [-0.05, 0) is 30.5 Å². The van der Waals surface area contributed by atoms with Crippen LogP contribution in [0, 0.1) is 6.92 Å². The Morgan fingerprint density at radius 1 is 1.35 bits per heavy atom. The Labute approximate surface area is 122 Å². The number of aromatic amines is 1. The zero-order valence-electron chi connectivity index (χ0n) is 11.8. The minimum atomic E-state index is -0.0604. The van der Waals surface area contributed by atoms with Gasteiger partial charge in [-0.1, -0.05) is 37.7 Å². The number of H-pyrrole nitrogens is 1. The Morgan fingerprint density at radius 2 is 2.05 bits per heavy atom. The number of hydrogen-bond acceptors (Lipinski definition) is 4. The summed E-state index contributed by atoms with van der Waals surface area (Å²) in [5.41, 5.74) is 2.07. The Kier molecular flexibility index (Phi) is 4.79. The summed E-state index contributed by atoms with van der Waals surface area (Å²) in [4.78, 5) is 16.0. The maximum absolute atomic E-state index is 11.8. The van der Waals surface area contributed by atoms with Crippen LogP contribution >= 0.6 is 11.8 Å². The summed E-state index contributed by atoms with van der Waals surface area (Å²) in [6.07, 6.45) is 0. The van der Waals surface area contributed by atoms with Crippen LogP contribution in [0.25, 0.3) is 0 Å². The molecule has 0 spiro atoms. The molecule has 2 rings (SSSR count). The number of hydrogen-bond donors (Lipinski definition) is 2. The second-order valence-corrected chi connectivity index (χ2v) is 5.76. The predicted molar refractivity (Wildman–Crippen MR) is 81.0 cm³/mol. The highest BCUT2D eigenvalue weighted by atomic mass is 32.2. The van der Waals surface area contributed by atoms with E-state index in [1.54, 1.807) is 0 Å². The topological polar surface area (TPSA) is 70.7 Å². The van der Waals surface area contributed by atoms with Crippen LogP contribution < -0.4 is 5.32 Å². The van der Waals surface area contributed by atoms with E-state index in [1.807, 2.05) is 31.2 Å². The number of carbonyl (C=O) groups excluding carboxylic acids is 1. The molecule has 106 valence electrons. The molecule has 0 unspecified atom stereocenters. The van der Waals surface area contributed by atoms with E-state index in [2.05, 4.69) is 34.3 Å². The van der Waals surface area contributed by atoms with E-state index in [-0.39, 0.29) is 5.91 Å². The van der Waals surface area contributed by atoms with Gasteiger partial charge >= 0.3 is 0 Å². The normalized spacial score (nSPS) is 10.8. The summed E-state index contributed by atoms with van der Waals surface area (Å²) >= 11 is 1.31. The number of anilines is 1. The lowest BCUT2D eigenvalue weighted by molar-refractivity contribution is -0.113. The van der Waals surface area contributed by atoms with Gasteiger partial charge in [0.1, 0.15) is 5.82 Å². The van der Waals surface area contributed by atoms with Gasteiger partial charge in [0.15, 0.2) is 0 Å². The molecule has 1 amide bonds. The van der Waals surface area contributed by atoms with E-state index in [0.717, 1.165) is 11.5 Å². The number of thioether (sulfide) groups is 1. The van der Waals surface area contributed by atoms with Gasteiger partial charge in [0, 0.05) is 5.69 Å². The number of nitrogens with zero attached hydrogens (tertiary/aromatic N) is 2. The van der Waals surface area contributed by atoms with E-state index in [1.165, 1.54) is 17.3 Å². The third-order valence-corrected chi connectivity index (χ3v) is 3.62. The average Bonchev–Trinajstić information content (AvgIpc) is 2.83. The first-order valence-corrected chi connectivity index (χ1v) is 7.45. The van der Waals surface area contributed by atoms with Crippen LogP contribution in [0.3, 0.4) is 0 Å². The van der Waals surface area contributed by atoms with Crippen molar-refractivity contribution in [1.82, 2.24) is 15.2 Å². The maximum Gasteiger partial charge on any atom is 0.234 e. The standard InChI is InChI=1S/C14H18N4OS/c1-9(2)11-4-6-12(7-5-11)16-13(19)8-20-14-15-10(3)17-18-14/h4-7,9H,8H2,1-3H3,(H,16,19)(H,15,17,18).